The van der Waals surface area contributed by atoms with Crippen LogP contribution in [-0.2, 0) is 17.8 Å². The lowest BCUT2D eigenvalue weighted by Crippen LogP contribution is -2.36. The van der Waals surface area contributed by atoms with Gasteiger partial charge in [-0.15, -0.1) is 10.2 Å². The molecule has 0 radical (unpaired) electrons. The number of aromatic nitrogens is 2. The summed E-state index contributed by atoms with van der Waals surface area (Å²) in [5.41, 5.74) is 0.196. The SMILES string of the molecule is CCOCc1nnc(CCCNC(C)(C)C)s1. The van der Waals surface area contributed by atoms with E-state index in [2.05, 4.69) is 36.3 Å². The Morgan fingerprint density at radius 2 is 1.94 bits per heavy atom. The van der Waals surface area contributed by atoms with Crippen LogP contribution in [0.15, 0.2) is 0 Å². The molecule has 0 bridgehead atoms. The highest BCUT2D eigenvalue weighted by Gasteiger charge is 2.08. The van der Waals surface area contributed by atoms with Crippen LogP contribution in [0.5, 0.6) is 0 Å². The summed E-state index contributed by atoms with van der Waals surface area (Å²) in [6, 6.07) is 0. The average Bonchev–Trinajstić information content (AvgIpc) is 2.68. The van der Waals surface area contributed by atoms with Gasteiger partial charge < -0.3 is 10.1 Å². The van der Waals surface area contributed by atoms with Crippen LogP contribution in [0.2, 0.25) is 0 Å². The van der Waals surface area contributed by atoms with Gasteiger partial charge in [0.25, 0.3) is 0 Å². The minimum Gasteiger partial charge on any atom is -0.374 e. The smallest absolute Gasteiger partial charge is 0.143 e. The minimum atomic E-state index is 0.196. The van der Waals surface area contributed by atoms with Crippen molar-refractivity contribution >= 4 is 11.3 Å². The highest BCUT2D eigenvalue weighted by Crippen LogP contribution is 2.12. The van der Waals surface area contributed by atoms with E-state index in [9.17, 15) is 0 Å². The maximum absolute atomic E-state index is 5.30. The Bertz CT molecular complexity index is 320. The molecule has 0 fully saturated rings. The van der Waals surface area contributed by atoms with Gasteiger partial charge in [0.1, 0.15) is 16.6 Å². The molecule has 98 valence electrons. The first-order valence-corrected chi connectivity index (χ1v) is 6.97. The zero-order chi connectivity index (χ0) is 12.7. The molecule has 1 N–H and O–H groups in total. The molecule has 1 heterocycles. The van der Waals surface area contributed by atoms with Crippen LogP contribution in [0.25, 0.3) is 0 Å². The van der Waals surface area contributed by atoms with Gasteiger partial charge in [-0.1, -0.05) is 11.3 Å². The summed E-state index contributed by atoms with van der Waals surface area (Å²) in [4.78, 5) is 0. The maximum atomic E-state index is 5.30. The van der Waals surface area contributed by atoms with Crippen LogP contribution in [-0.4, -0.2) is 28.9 Å². The van der Waals surface area contributed by atoms with E-state index in [4.69, 9.17) is 4.74 Å². The number of rotatable bonds is 7. The minimum absolute atomic E-state index is 0.196. The Balaban J connectivity index is 2.21. The second-order valence-corrected chi connectivity index (χ2v) is 6.15. The second kappa shape index (κ2) is 7.03. The molecular formula is C12H23N3OS. The zero-order valence-electron chi connectivity index (χ0n) is 11.2. The Morgan fingerprint density at radius 3 is 2.59 bits per heavy atom. The lowest BCUT2D eigenvalue weighted by atomic mass is 10.1. The molecule has 5 heteroatoms. The Labute approximate surface area is 108 Å². The summed E-state index contributed by atoms with van der Waals surface area (Å²) < 4.78 is 5.30. The summed E-state index contributed by atoms with van der Waals surface area (Å²) in [6.07, 6.45) is 2.09. The fourth-order valence-corrected chi connectivity index (χ4v) is 2.16. The van der Waals surface area contributed by atoms with Gasteiger partial charge in [0.15, 0.2) is 0 Å². The lowest BCUT2D eigenvalue weighted by Gasteiger charge is -2.20. The molecular weight excluding hydrogens is 234 g/mol. The summed E-state index contributed by atoms with van der Waals surface area (Å²) >= 11 is 1.66. The van der Waals surface area contributed by atoms with E-state index in [0.29, 0.717) is 6.61 Å². The van der Waals surface area contributed by atoms with Gasteiger partial charge in [-0.25, -0.2) is 0 Å². The maximum Gasteiger partial charge on any atom is 0.143 e. The van der Waals surface area contributed by atoms with E-state index in [1.807, 2.05) is 6.92 Å². The molecule has 0 aliphatic heterocycles. The van der Waals surface area contributed by atoms with Crippen LogP contribution >= 0.6 is 11.3 Å². The lowest BCUT2D eigenvalue weighted by molar-refractivity contribution is 0.133. The van der Waals surface area contributed by atoms with Crippen molar-refractivity contribution in [2.75, 3.05) is 13.2 Å². The summed E-state index contributed by atoms with van der Waals surface area (Å²) in [5, 5.41) is 13.8. The van der Waals surface area contributed by atoms with Gasteiger partial charge >= 0.3 is 0 Å². The summed E-state index contributed by atoms with van der Waals surface area (Å²) in [7, 11) is 0. The number of ether oxygens (including phenoxy) is 1. The topological polar surface area (TPSA) is 47.0 Å². The Kier molecular flexibility index (Phi) is 6.02. The quantitative estimate of drug-likeness (QED) is 0.762. The van der Waals surface area contributed by atoms with E-state index < -0.39 is 0 Å². The molecule has 0 saturated heterocycles. The van der Waals surface area contributed by atoms with Gasteiger partial charge in [0, 0.05) is 18.6 Å². The number of nitrogens with one attached hydrogen (secondary N) is 1. The molecule has 17 heavy (non-hydrogen) atoms. The van der Waals surface area contributed by atoms with Crippen molar-refractivity contribution in [3.05, 3.63) is 10.0 Å². The molecule has 0 amide bonds. The van der Waals surface area contributed by atoms with Crippen molar-refractivity contribution in [1.82, 2.24) is 15.5 Å². The van der Waals surface area contributed by atoms with Crippen LogP contribution in [0, 0.1) is 0 Å². The second-order valence-electron chi connectivity index (χ2n) is 5.01. The van der Waals surface area contributed by atoms with E-state index in [1.165, 1.54) is 0 Å². The number of hydrogen-bond acceptors (Lipinski definition) is 5. The van der Waals surface area contributed by atoms with Gasteiger partial charge in [-0.05, 0) is 40.7 Å². The average molecular weight is 257 g/mol. The Hall–Kier alpha value is -0.520. The van der Waals surface area contributed by atoms with E-state index >= 15 is 0 Å². The normalized spacial score (nSPS) is 12.0. The molecule has 4 nitrogen and oxygen atoms in total. The van der Waals surface area contributed by atoms with Gasteiger partial charge in [-0.2, -0.15) is 0 Å². The third kappa shape index (κ3) is 6.71. The third-order valence-electron chi connectivity index (χ3n) is 2.16. The van der Waals surface area contributed by atoms with Crippen molar-refractivity contribution in [3.8, 4) is 0 Å². The van der Waals surface area contributed by atoms with Crippen LogP contribution < -0.4 is 5.32 Å². The van der Waals surface area contributed by atoms with Crippen LogP contribution in [0.3, 0.4) is 0 Å². The van der Waals surface area contributed by atoms with Gasteiger partial charge in [0.05, 0.1) is 0 Å². The van der Waals surface area contributed by atoms with Crippen molar-refractivity contribution in [1.29, 1.82) is 0 Å². The Morgan fingerprint density at radius 1 is 1.24 bits per heavy atom. The van der Waals surface area contributed by atoms with Crippen LogP contribution in [0.4, 0.5) is 0 Å². The monoisotopic (exact) mass is 257 g/mol. The van der Waals surface area contributed by atoms with Crippen molar-refractivity contribution in [2.24, 2.45) is 0 Å². The molecule has 0 unspecified atom stereocenters. The fraction of sp³-hybridized carbons (Fsp3) is 0.833. The van der Waals surface area contributed by atoms with Gasteiger partial charge in [-0.3, -0.25) is 0 Å². The molecule has 1 aromatic rings. The van der Waals surface area contributed by atoms with Crippen LogP contribution in [0.1, 0.15) is 44.1 Å². The first-order chi connectivity index (χ1) is 8.01. The molecule has 1 rings (SSSR count). The molecule has 1 aromatic heterocycles. The third-order valence-corrected chi connectivity index (χ3v) is 3.12. The summed E-state index contributed by atoms with van der Waals surface area (Å²) in [6.45, 7) is 10.9. The standard InChI is InChI=1S/C12H23N3OS/c1-5-16-9-11-15-14-10(17-11)7-6-8-13-12(2,3)4/h13H,5-9H2,1-4H3. The molecule has 0 aliphatic carbocycles. The number of nitrogens with zero attached hydrogens (tertiary/aromatic N) is 2. The predicted molar refractivity (Wildman–Crippen MR) is 71.3 cm³/mol. The van der Waals surface area contributed by atoms with Crippen molar-refractivity contribution < 1.29 is 4.74 Å². The zero-order valence-corrected chi connectivity index (χ0v) is 12.1. The highest BCUT2D eigenvalue weighted by atomic mass is 32.1. The predicted octanol–water partition coefficient (Wildman–Crippen LogP) is 2.40. The number of hydrogen-bond donors (Lipinski definition) is 1. The van der Waals surface area contributed by atoms with E-state index in [-0.39, 0.29) is 5.54 Å². The first-order valence-electron chi connectivity index (χ1n) is 6.15. The number of aryl methyl sites for hydroxylation is 1. The molecule has 0 aromatic carbocycles. The van der Waals surface area contributed by atoms with E-state index in [1.54, 1.807) is 11.3 Å². The summed E-state index contributed by atoms with van der Waals surface area (Å²) in [5.74, 6) is 0. The molecule has 0 saturated carbocycles. The van der Waals surface area contributed by atoms with E-state index in [0.717, 1.165) is 36.0 Å². The van der Waals surface area contributed by atoms with Crippen molar-refractivity contribution in [3.63, 3.8) is 0 Å². The molecule has 0 atom stereocenters. The molecule has 0 aliphatic rings. The largest absolute Gasteiger partial charge is 0.374 e. The fourth-order valence-electron chi connectivity index (χ4n) is 1.34. The van der Waals surface area contributed by atoms with Crippen molar-refractivity contribution in [2.45, 2.75) is 52.7 Å². The first kappa shape index (κ1) is 14.5. The highest BCUT2D eigenvalue weighted by molar-refractivity contribution is 7.11. The van der Waals surface area contributed by atoms with Gasteiger partial charge in [0.2, 0.25) is 0 Å². The molecule has 0 spiro atoms.